The van der Waals surface area contributed by atoms with Gasteiger partial charge in [-0.1, -0.05) is 13.8 Å². The average Bonchev–Trinajstić information content (AvgIpc) is 2.33. The van der Waals surface area contributed by atoms with Crippen molar-refractivity contribution in [1.29, 1.82) is 0 Å². The molecule has 0 fully saturated rings. The lowest BCUT2D eigenvalue weighted by Gasteiger charge is -2.14. The summed E-state index contributed by atoms with van der Waals surface area (Å²) in [4.78, 5) is 36.5. The van der Waals surface area contributed by atoms with E-state index in [1.807, 2.05) is 13.8 Å². The summed E-state index contributed by atoms with van der Waals surface area (Å²) in [5.41, 5.74) is 4.55. The van der Waals surface area contributed by atoms with Gasteiger partial charge in [0.1, 0.15) is 18.1 Å². The fourth-order valence-corrected chi connectivity index (χ4v) is 1.54. The van der Waals surface area contributed by atoms with E-state index in [0.717, 1.165) is 0 Å². The highest BCUT2D eigenvalue weighted by Crippen LogP contribution is 2.11. The topological polar surface area (TPSA) is 119 Å². The number of esters is 1. The Labute approximate surface area is 109 Å². The van der Waals surface area contributed by atoms with E-state index in [1.165, 1.54) is 11.7 Å². The number of nitrogens with zero attached hydrogens (tertiary/aromatic N) is 1. The molecular weight excluding hydrogens is 252 g/mol. The molecule has 0 aromatic carbocycles. The maximum absolute atomic E-state index is 11.7. The number of H-pyrrole nitrogens is 1. The van der Waals surface area contributed by atoms with Crippen molar-refractivity contribution in [2.45, 2.75) is 20.4 Å². The molecule has 0 saturated heterocycles. The van der Waals surface area contributed by atoms with E-state index in [1.54, 1.807) is 0 Å². The highest BCUT2D eigenvalue weighted by Gasteiger charge is 2.13. The van der Waals surface area contributed by atoms with Crippen molar-refractivity contribution >= 4 is 17.5 Å². The minimum atomic E-state index is -0.661. The van der Waals surface area contributed by atoms with E-state index < -0.39 is 17.2 Å². The third kappa shape index (κ3) is 3.60. The van der Waals surface area contributed by atoms with E-state index in [0.29, 0.717) is 6.54 Å². The molecule has 8 nitrogen and oxygen atoms in total. The summed E-state index contributed by atoms with van der Waals surface area (Å²) in [5, 5.41) is 2.57. The first-order chi connectivity index (χ1) is 8.86. The molecule has 0 aliphatic carbocycles. The fraction of sp³-hybridized carbons (Fsp3) is 0.545. The van der Waals surface area contributed by atoms with Crippen molar-refractivity contribution in [1.82, 2.24) is 9.55 Å². The van der Waals surface area contributed by atoms with Gasteiger partial charge in [-0.05, 0) is 5.92 Å². The molecular formula is C11H18N4O4. The second-order valence-corrected chi connectivity index (χ2v) is 4.45. The standard InChI is InChI=1S/C11H18N4O4/c1-6(2)5-15-9(12)8(10(17)14-11(15)18)13-4-7(16)19-3/h6,13H,4-5,12H2,1-3H3,(H,14,17,18). The number of ether oxygens (including phenoxy) is 1. The van der Waals surface area contributed by atoms with Crippen LogP contribution in [-0.2, 0) is 16.1 Å². The first kappa shape index (κ1) is 14.8. The van der Waals surface area contributed by atoms with Crippen molar-refractivity contribution in [3.8, 4) is 0 Å². The van der Waals surface area contributed by atoms with Crippen LogP contribution in [0.3, 0.4) is 0 Å². The normalized spacial score (nSPS) is 10.5. The monoisotopic (exact) mass is 270 g/mol. The Bertz CT molecular complexity index is 573. The van der Waals surface area contributed by atoms with Crippen molar-refractivity contribution in [2.75, 3.05) is 24.7 Å². The number of rotatable bonds is 5. The van der Waals surface area contributed by atoms with Crippen molar-refractivity contribution in [2.24, 2.45) is 5.92 Å². The Kier molecular flexibility index (Phi) is 4.74. The molecule has 106 valence electrons. The summed E-state index contributed by atoms with van der Waals surface area (Å²) in [6, 6.07) is 0. The number of methoxy groups -OCH3 is 1. The third-order valence-electron chi connectivity index (χ3n) is 2.42. The van der Waals surface area contributed by atoms with E-state index >= 15 is 0 Å². The van der Waals surface area contributed by atoms with Gasteiger partial charge in [-0.15, -0.1) is 0 Å². The number of anilines is 2. The van der Waals surface area contributed by atoms with Crippen LogP contribution in [0.25, 0.3) is 0 Å². The molecule has 0 saturated carbocycles. The Balaban J connectivity index is 3.14. The zero-order valence-electron chi connectivity index (χ0n) is 11.1. The lowest BCUT2D eigenvalue weighted by Crippen LogP contribution is -2.35. The van der Waals surface area contributed by atoms with Gasteiger partial charge in [0.2, 0.25) is 0 Å². The van der Waals surface area contributed by atoms with Gasteiger partial charge in [-0.2, -0.15) is 0 Å². The first-order valence-corrected chi connectivity index (χ1v) is 5.80. The SMILES string of the molecule is COC(=O)CNc1c(N)n(CC(C)C)c(=O)[nH]c1=O. The number of carbonyl (C=O) groups excluding carboxylic acids is 1. The van der Waals surface area contributed by atoms with Crippen LogP contribution in [0.1, 0.15) is 13.8 Å². The molecule has 1 aromatic heterocycles. The second kappa shape index (κ2) is 6.07. The van der Waals surface area contributed by atoms with Crippen LogP contribution in [-0.4, -0.2) is 29.2 Å². The zero-order chi connectivity index (χ0) is 14.6. The van der Waals surface area contributed by atoms with Gasteiger partial charge < -0.3 is 15.8 Å². The van der Waals surface area contributed by atoms with Crippen molar-refractivity contribution in [3.63, 3.8) is 0 Å². The highest BCUT2D eigenvalue weighted by atomic mass is 16.5. The number of aromatic amines is 1. The Hall–Kier alpha value is -2.25. The summed E-state index contributed by atoms with van der Waals surface area (Å²) in [6.45, 7) is 4.00. The van der Waals surface area contributed by atoms with Gasteiger partial charge in [-0.3, -0.25) is 19.1 Å². The van der Waals surface area contributed by atoms with Crippen LogP contribution in [0.4, 0.5) is 11.5 Å². The largest absolute Gasteiger partial charge is 0.468 e. The Morgan fingerprint density at radius 2 is 2.11 bits per heavy atom. The average molecular weight is 270 g/mol. The predicted octanol–water partition coefficient (Wildman–Crippen LogP) is -0.640. The zero-order valence-corrected chi connectivity index (χ0v) is 11.1. The molecule has 0 radical (unpaired) electrons. The molecule has 0 amide bonds. The fourth-order valence-electron chi connectivity index (χ4n) is 1.54. The molecule has 8 heteroatoms. The van der Waals surface area contributed by atoms with E-state index in [4.69, 9.17) is 5.73 Å². The Morgan fingerprint density at radius 3 is 2.63 bits per heavy atom. The van der Waals surface area contributed by atoms with Crippen LogP contribution in [0.2, 0.25) is 0 Å². The number of hydrogen-bond acceptors (Lipinski definition) is 6. The summed E-state index contributed by atoms with van der Waals surface area (Å²) in [5.74, 6) is -0.355. The van der Waals surface area contributed by atoms with Crippen LogP contribution < -0.4 is 22.3 Å². The molecule has 0 bridgehead atoms. The summed E-state index contributed by atoms with van der Waals surface area (Å²) >= 11 is 0. The van der Waals surface area contributed by atoms with Gasteiger partial charge in [0.15, 0.2) is 0 Å². The number of nitrogens with two attached hydrogens (primary N) is 1. The smallest absolute Gasteiger partial charge is 0.330 e. The number of nitrogens with one attached hydrogen (secondary N) is 2. The lowest BCUT2D eigenvalue weighted by atomic mass is 10.2. The number of aromatic nitrogens is 2. The molecule has 0 atom stereocenters. The molecule has 1 aromatic rings. The van der Waals surface area contributed by atoms with E-state index in [-0.39, 0.29) is 24.0 Å². The quantitative estimate of drug-likeness (QED) is 0.612. The predicted molar refractivity (Wildman–Crippen MR) is 71.1 cm³/mol. The van der Waals surface area contributed by atoms with Gasteiger partial charge in [-0.25, -0.2) is 4.79 Å². The van der Waals surface area contributed by atoms with Gasteiger partial charge in [0.05, 0.1) is 7.11 Å². The van der Waals surface area contributed by atoms with Gasteiger partial charge in [0, 0.05) is 6.54 Å². The van der Waals surface area contributed by atoms with Crippen molar-refractivity contribution < 1.29 is 9.53 Å². The first-order valence-electron chi connectivity index (χ1n) is 5.80. The minimum absolute atomic E-state index is 0.00588. The molecule has 1 heterocycles. The Morgan fingerprint density at radius 1 is 1.47 bits per heavy atom. The molecule has 0 aliphatic rings. The van der Waals surface area contributed by atoms with Crippen LogP contribution >= 0.6 is 0 Å². The lowest BCUT2D eigenvalue weighted by molar-refractivity contribution is -0.138. The molecule has 0 spiro atoms. The molecule has 0 unspecified atom stereocenters. The van der Waals surface area contributed by atoms with Gasteiger partial charge >= 0.3 is 11.7 Å². The maximum atomic E-state index is 11.7. The molecule has 19 heavy (non-hydrogen) atoms. The number of carbonyl (C=O) groups is 1. The molecule has 1 rings (SSSR count). The second-order valence-electron chi connectivity index (χ2n) is 4.45. The van der Waals surface area contributed by atoms with Crippen LogP contribution in [0.5, 0.6) is 0 Å². The molecule has 4 N–H and O–H groups in total. The summed E-state index contributed by atoms with van der Waals surface area (Å²) in [6.07, 6.45) is 0. The number of hydrogen-bond donors (Lipinski definition) is 3. The molecule has 0 aliphatic heterocycles. The minimum Gasteiger partial charge on any atom is -0.468 e. The van der Waals surface area contributed by atoms with Crippen LogP contribution in [0.15, 0.2) is 9.59 Å². The van der Waals surface area contributed by atoms with E-state index in [9.17, 15) is 14.4 Å². The van der Waals surface area contributed by atoms with Crippen molar-refractivity contribution in [3.05, 3.63) is 20.8 Å². The highest BCUT2D eigenvalue weighted by molar-refractivity contribution is 5.76. The summed E-state index contributed by atoms with van der Waals surface area (Å²) < 4.78 is 5.70. The summed E-state index contributed by atoms with van der Waals surface area (Å²) in [7, 11) is 1.23. The van der Waals surface area contributed by atoms with Crippen LogP contribution in [0, 0.1) is 5.92 Å². The maximum Gasteiger partial charge on any atom is 0.330 e. The number of nitrogen functional groups attached to an aromatic ring is 1. The van der Waals surface area contributed by atoms with Gasteiger partial charge in [0.25, 0.3) is 5.56 Å². The third-order valence-corrected chi connectivity index (χ3v) is 2.42. The van der Waals surface area contributed by atoms with E-state index in [2.05, 4.69) is 15.0 Å².